The molecule has 32 heavy (non-hydrogen) atoms. The van der Waals surface area contributed by atoms with E-state index in [2.05, 4.69) is 44.3 Å². The number of nitriles is 1. The van der Waals surface area contributed by atoms with Gasteiger partial charge in [0.1, 0.15) is 16.8 Å². The van der Waals surface area contributed by atoms with Crippen molar-refractivity contribution in [1.29, 1.82) is 5.26 Å². The number of nitrogens with zero attached hydrogens (tertiary/aromatic N) is 1. The Balaban J connectivity index is 1.35. The van der Waals surface area contributed by atoms with Crippen molar-refractivity contribution >= 4 is 22.2 Å². The molecular formula is C27H34N2O2S. The fourth-order valence-electron chi connectivity index (χ4n) is 5.12. The topological polar surface area (TPSA) is 62.1 Å². The SMILES string of the molecule is CC(C)(C)[C@H]1CCc2c(sc(NC(=O)COc3ccc(C4CCCCC4)cc3)c2C#N)C1. The Morgan fingerprint density at radius 3 is 2.53 bits per heavy atom. The molecule has 4 nitrogen and oxygen atoms in total. The molecule has 1 aromatic heterocycles. The minimum atomic E-state index is -0.219. The van der Waals surface area contributed by atoms with Gasteiger partial charge in [0.05, 0.1) is 5.56 Å². The average molecular weight is 451 g/mol. The number of hydrogen-bond donors (Lipinski definition) is 1. The Morgan fingerprint density at radius 2 is 1.88 bits per heavy atom. The first-order valence-corrected chi connectivity index (χ1v) is 12.7. The molecule has 0 saturated heterocycles. The molecule has 1 heterocycles. The lowest BCUT2D eigenvalue weighted by Crippen LogP contribution is -2.26. The maximum Gasteiger partial charge on any atom is 0.262 e. The van der Waals surface area contributed by atoms with Crippen molar-refractivity contribution in [3.05, 3.63) is 45.8 Å². The van der Waals surface area contributed by atoms with Gasteiger partial charge in [0.15, 0.2) is 6.61 Å². The molecule has 170 valence electrons. The molecule has 0 bridgehead atoms. The number of thiophene rings is 1. The monoisotopic (exact) mass is 450 g/mol. The molecule has 2 aliphatic rings. The number of carbonyl (C=O) groups excluding carboxylic acids is 1. The number of carbonyl (C=O) groups is 1. The number of fused-ring (bicyclic) bond motifs is 1. The summed E-state index contributed by atoms with van der Waals surface area (Å²) < 4.78 is 5.73. The molecule has 0 aliphatic heterocycles. The third kappa shape index (κ3) is 5.18. The number of amides is 1. The Hall–Kier alpha value is -2.32. The highest BCUT2D eigenvalue weighted by molar-refractivity contribution is 7.16. The van der Waals surface area contributed by atoms with Crippen LogP contribution >= 0.6 is 11.3 Å². The molecule has 2 aromatic rings. The van der Waals surface area contributed by atoms with Crippen molar-refractivity contribution in [2.75, 3.05) is 11.9 Å². The fraction of sp³-hybridized carbons (Fsp3) is 0.556. The summed E-state index contributed by atoms with van der Waals surface area (Å²) in [6.45, 7) is 6.79. The molecule has 4 rings (SSSR count). The van der Waals surface area contributed by atoms with E-state index in [4.69, 9.17) is 4.74 Å². The second kappa shape index (κ2) is 9.67. The highest BCUT2D eigenvalue weighted by Gasteiger charge is 2.32. The predicted octanol–water partition coefficient (Wildman–Crippen LogP) is 6.84. The van der Waals surface area contributed by atoms with Crippen LogP contribution in [-0.4, -0.2) is 12.5 Å². The zero-order chi connectivity index (χ0) is 22.7. The van der Waals surface area contributed by atoms with Gasteiger partial charge < -0.3 is 10.1 Å². The van der Waals surface area contributed by atoms with Crippen molar-refractivity contribution in [1.82, 2.24) is 0 Å². The maximum atomic E-state index is 12.6. The van der Waals surface area contributed by atoms with Gasteiger partial charge >= 0.3 is 0 Å². The largest absolute Gasteiger partial charge is 0.484 e. The minimum absolute atomic E-state index is 0.0547. The van der Waals surface area contributed by atoms with E-state index >= 15 is 0 Å². The number of benzene rings is 1. The Kier molecular flexibility index (Phi) is 6.90. The lowest BCUT2D eigenvalue weighted by Gasteiger charge is -2.33. The molecule has 1 saturated carbocycles. The van der Waals surface area contributed by atoms with Crippen molar-refractivity contribution in [3.8, 4) is 11.8 Å². The second-order valence-electron chi connectivity index (χ2n) is 10.4. The van der Waals surface area contributed by atoms with Crippen molar-refractivity contribution < 1.29 is 9.53 Å². The van der Waals surface area contributed by atoms with Crippen LogP contribution in [0.15, 0.2) is 24.3 Å². The molecule has 2 aliphatic carbocycles. The first-order valence-electron chi connectivity index (χ1n) is 11.9. The van der Waals surface area contributed by atoms with Crippen LogP contribution in [0.4, 0.5) is 5.00 Å². The van der Waals surface area contributed by atoms with Gasteiger partial charge in [-0.3, -0.25) is 4.79 Å². The Labute approximate surface area is 196 Å². The van der Waals surface area contributed by atoms with E-state index < -0.39 is 0 Å². The van der Waals surface area contributed by atoms with Crippen LogP contribution in [0.25, 0.3) is 0 Å². The van der Waals surface area contributed by atoms with Crippen LogP contribution in [0.2, 0.25) is 0 Å². The minimum Gasteiger partial charge on any atom is -0.484 e. The van der Waals surface area contributed by atoms with Gasteiger partial charge in [-0.1, -0.05) is 52.2 Å². The third-order valence-electron chi connectivity index (χ3n) is 7.18. The molecule has 0 unspecified atom stereocenters. The molecule has 1 N–H and O–H groups in total. The molecular weight excluding hydrogens is 416 g/mol. The van der Waals surface area contributed by atoms with Crippen LogP contribution in [0.5, 0.6) is 5.75 Å². The summed E-state index contributed by atoms with van der Waals surface area (Å²) in [6, 6.07) is 10.5. The average Bonchev–Trinajstić information content (AvgIpc) is 3.14. The van der Waals surface area contributed by atoms with Crippen LogP contribution in [0.3, 0.4) is 0 Å². The highest BCUT2D eigenvalue weighted by atomic mass is 32.1. The Bertz CT molecular complexity index is 988. The number of rotatable bonds is 5. The molecule has 1 fully saturated rings. The van der Waals surface area contributed by atoms with E-state index in [1.807, 2.05) is 12.1 Å². The summed E-state index contributed by atoms with van der Waals surface area (Å²) in [5, 5.41) is 13.3. The third-order valence-corrected chi connectivity index (χ3v) is 8.35. The summed E-state index contributed by atoms with van der Waals surface area (Å²) in [4.78, 5) is 13.8. The van der Waals surface area contributed by atoms with Gasteiger partial charge in [0.25, 0.3) is 5.91 Å². The number of nitrogens with one attached hydrogen (secondary N) is 1. The molecule has 0 spiro atoms. The van der Waals surface area contributed by atoms with Gasteiger partial charge in [-0.25, -0.2) is 0 Å². The lowest BCUT2D eigenvalue weighted by molar-refractivity contribution is -0.118. The predicted molar refractivity (Wildman–Crippen MR) is 130 cm³/mol. The van der Waals surface area contributed by atoms with Gasteiger partial charge in [0.2, 0.25) is 0 Å². The molecule has 1 aromatic carbocycles. The van der Waals surface area contributed by atoms with Crippen molar-refractivity contribution in [3.63, 3.8) is 0 Å². The van der Waals surface area contributed by atoms with Gasteiger partial charge in [-0.15, -0.1) is 11.3 Å². The first kappa shape index (κ1) is 22.9. The summed E-state index contributed by atoms with van der Waals surface area (Å²) in [5.41, 5.74) is 3.39. The van der Waals surface area contributed by atoms with Crippen LogP contribution < -0.4 is 10.1 Å². The van der Waals surface area contributed by atoms with Crippen molar-refractivity contribution in [2.24, 2.45) is 11.3 Å². The summed E-state index contributed by atoms with van der Waals surface area (Å²) >= 11 is 1.56. The first-order chi connectivity index (χ1) is 15.3. The standard InChI is InChI=1S/C27H34N2O2S/c1-27(2,3)20-11-14-22-23(16-28)26(32-24(22)15-20)29-25(30)17-31-21-12-9-19(10-13-21)18-7-5-4-6-8-18/h9-10,12-13,18,20H,4-8,11,14-15,17H2,1-3H3,(H,29,30)/t20-/m0/s1. The zero-order valence-corrected chi connectivity index (χ0v) is 20.3. The van der Waals surface area contributed by atoms with Crippen LogP contribution in [0, 0.1) is 22.7 Å². The van der Waals surface area contributed by atoms with Crippen LogP contribution in [0.1, 0.15) is 86.8 Å². The van der Waals surface area contributed by atoms with Gasteiger partial charge in [-0.2, -0.15) is 5.26 Å². The number of anilines is 1. The zero-order valence-electron chi connectivity index (χ0n) is 19.5. The lowest BCUT2D eigenvalue weighted by atomic mass is 9.72. The normalized spacial score (nSPS) is 19.1. The van der Waals surface area contributed by atoms with Gasteiger partial charge in [-0.05, 0) is 72.6 Å². The van der Waals surface area contributed by atoms with Crippen molar-refractivity contribution in [2.45, 2.75) is 78.1 Å². The molecule has 1 atom stereocenters. The smallest absolute Gasteiger partial charge is 0.262 e. The van der Waals surface area contributed by atoms with E-state index in [1.165, 1.54) is 42.5 Å². The van der Waals surface area contributed by atoms with E-state index in [0.29, 0.717) is 28.1 Å². The van der Waals surface area contributed by atoms with E-state index in [9.17, 15) is 10.1 Å². The fourth-order valence-corrected chi connectivity index (χ4v) is 6.41. The summed E-state index contributed by atoms with van der Waals surface area (Å²) in [5.74, 6) is 1.75. The van der Waals surface area contributed by atoms with E-state index in [1.54, 1.807) is 11.3 Å². The van der Waals surface area contributed by atoms with E-state index in [-0.39, 0.29) is 17.9 Å². The summed E-state index contributed by atoms with van der Waals surface area (Å²) in [6.07, 6.45) is 9.51. The number of ether oxygens (including phenoxy) is 1. The van der Waals surface area contributed by atoms with Crippen LogP contribution in [-0.2, 0) is 17.6 Å². The molecule has 1 amide bonds. The Morgan fingerprint density at radius 1 is 1.16 bits per heavy atom. The van der Waals surface area contributed by atoms with Gasteiger partial charge in [0, 0.05) is 4.88 Å². The molecule has 0 radical (unpaired) electrons. The maximum absolute atomic E-state index is 12.6. The molecule has 5 heteroatoms. The number of hydrogen-bond acceptors (Lipinski definition) is 4. The summed E-state index contributed by atoms with van der Waals surface area (Å²) in [7, 11) is 0. The van der Waals surface area contributed by atoms with E-state index in [0.717, 1.165) is 24.8 Å². The highest BCUT2D eigenvalue weighted by Crippen LogP contribution is 2.44. The quantitative estimate of drug-likeness (QED) is 0.543. The second-order valence-corrected chi connectivity index (χ2v) is 11.5.